The lowest BCUT2D eigenvalue weighted by Gasteiger charge is -2.09. The van der Waals surface area contributed by atoms with Crippen LogP contribution >= 0.6 is 23.5 Å². The van der Waals surface area contributed by atoms with Gasteiger partial charge in [0.2, 0.25) is 0 Å². The fourth-order valence-electron chi connectivity index (χ4n) is 2.21. The number of carbonyl (C=O) groups is 1. The van der Waals surface area contributed by atoms with E-state index in [2.05, 4.69) is 5.32 Å². The summed E-state index contributed by atoms with van der Waals surface area (Å²) in [7, 11) is 0. The number of nitrogens with zero attached hydrogens (tertiary/aromatic N) is 1. The first-order valence-electron chi connectivity index (χ1n) is 7.02. The predicted molar refractivity (Wildman–Crippen MR) is 95.1 cm³/mol. The second-order valence-electron chi connectivity index (χ2n) is 4.95. The molecular formula is C16H14N2O3S2. The van der Waals surface area contributed by atoms with Crippen LogP contribution in [-0.4, -0.2) is 22.3 Å². The van der Waals surface area contributed by atoms with Crippen molar-refractivity contribution in [3.05, 3.63) is 69.8 Å². The van der Waals surface area contributed by atoms with Gasteiger partial charge in [0, 0.05) is 34.9 Å². The number of hydrogen-bond acceptors (Lipinski definition) is 5. The van der Waals surface area contributed by atoms with Crippen LogP contribution in [0.3, 0.4) is 0 Å². The van der Waals surface area contributed by atoms with Crippen molar-refractivity contribution in [2.45, 2.75) is 4.58 Å². The molecule has 7 heteroatoms. The normalized spacial score (nSPS) is 14.6. The minimum Gasteiger partial charge on any atom is -0.322 e. The Morgan fingerprint density at radius 1 is 1.04 bits per heavy atom. The number of nitrogens with one attached hydrogen (secondary N) is 1. The third-order valence-electron chi connectivity index (χ3n) is 3.40. The number of thioether (sulfide) groups is 2. The van der Waals surface area contributed by atoms with Crippen LogP contribution in [-0.2, 0) is 0 Å². The van der Waals surface area contributed by atoms with Crippen molar-refractivity contribution >= 4 is 40.8 Å². The lowest BCUT2D eigenvalue weighted by atomic mass is 10.1. The summed E-state index contributed by atoms with van der Waals surface area (Å²) >= 11 is 3.85. The second-order valence-corrected chi connectivity index (χ2v) is 7.68. The minimum atomic E-state index is -0.469. The summed E-state index contributed by atoms with van der Waals surface area (Å²) in [6, 6.07) is 13.4. The van der Waals surface area contributed by atoms with Crippen molar-refractivity contribution in [3.63, 3.8) is 0 Å². The standard InChI is InChI=1S/C16H14N2O3S2/c19-15(17-13-5-7-14(8-6-13)18(20)21)11-1-3-12(4-2-11)16-22-9-10-23-16/h1-8,16H,9-10H2,(H,17,19). The molecule has 23 heavy (non-hydrogen) atoms. The fourth-order valence-corrected chi connectivity index (χ4v) is 5.07. The number of nitro groups is 1. The first-order chi connectivity index (χ1) is 11.1. The van der Waals surface area contributed by atoms with Gasteiger partial charge in [0.05, 0.1) is 9.51 Å². The molecule has 1 aliphatic rings. The number of non-ortho nitro benzene ring substituents is 1. The molecule has 1 N–H and O–H groups in total. The van der Waals surface area contributed by atoms with Crippen molar-refractivity contribution in [1.82, 2.24) is 0 Å². The first kappa shape index (κ1) is 15.9. The lowest BCUT2D eigenvalue weighted by Crippen LogP contribution is -2.11. The van der Waals surface area contributed by atoms with Crippen molar-refractivity contribution in [1.29, 1.82) is 0 Å². The number of anilines is 1. The van der Waals surface area contributed by atoms with E-state index in [0.717, 1.165) is 11.5 Å². The summed E-state index contributed by atoms with van der Waals surface area (Å²) in [5.41, 5.74) is 2.33. The van der Waals surface area contributed by atoms with Gasteiger partial charge in [0.15, 0.2) is 0 Å². The zero-order valence-corrected chi connectivity index (χ0v) is 13.7. The SMILES string of the molecule is O=C(Nc1ccc([N+](=O)[O-])cc1)c1ccc(C2SCCS2)cc1. The number of amides is 1. The Bertz CT molecular complexity index is 711. The quantitative estimate of drug-likeness (QED) is 0.659. The Morgan fingerprint density at radius 2 is 1.65 bits per heavy atom. The van der Waals surface area contributed by atoms with Crippen LogP contribution < -0.4 is 5.32 Å². The highest BCUT2D eigenvalue weighted by Crippen LogP contribution is 2.45. The summed E-state index contributed by atoms with van der Waals surface area (Å²) < 4.78 is 0.460. The molecule has 3 rings (SSSR count). The Labute approximate surface area is 142 Å². The Morgan fingerprint density at radius 3 is 2.22 bits per heavy atom. The van der Waals surface area contributed by atoms with E-state index >= 15 is 0 Å². The van der Waals surface area contributed by atoms with Gasteiger partial charge < -0.3 is 5.32 Å². The molecular weight excluding hydrogens is 332 g/mol. The second kappa shape index (κ2) is 7.06. The number of rotatable bonds is 4. The highest BCUT2D eigenvalue weighted by Gasteiger charge is 2.18. The van der Waals surface area contributed by atoms with E-state index in [0.29, 0.717) is 15.8 Å². The fraction of sp³-hybridized carbons (Fsp3) is 0.188. The summed E-state index contributed by atoms with van der Waals surface area (Å²) in [4.78, 5) is 22.4. The first-order valence-corrected chi connectivity index (χ1v) is 9.12. The number of benzene rings is 2. The molecule has 2 aromatic carbocycles. The van der Waals surface area contributed by atoms with Crippen LogP contribution in [0.2, 0.25) is 0 Å². The third kappa shape index (κ3) is 3.86. The summed E-state index contributed by atoms with van der Waals surface area (Å²) in [6.07, 6.45) is 0. The molecule has 1 aliphatic heterocycles. The molecule has 0 radical (unpaired) electrons. The van der Waals surface area contributed by atoms with E-state index in [-0.39, 0.29) is 11.6 Å². The lowest BCUT2D eigenvalue weighted by molar-refractivity contribution is -0.384. The van der Waals surface area contributed by atoms with Crippen molar-refractivity contribution in [3.8, 4) is 0 Å². The summed E-state index contributed by atoms with van der Waals surface area (Å²) in [5.74, 6) is 2.10. The highest BCUT2D eigenvalue weighted by atomic mass is 32.2. The topological polar surface area (TPSA) is 72.2 Å². The Kier molecular flexibility index (Phi) is 4.88. The van der Waals surface area contributed by atoms with Gasteiger partial charge in [-0.25, -0.2) is 0 Å². The molecule has 0 atom stereocenters. The van der Waals surface area contributed by atoms with Gasteiger partial charge >= 0.3 is 0 Å². The molecule has 5 nitrogen and oxygen atoms in total. The molecule has 2 aromatic rings. The number of nitro benzene ring substituents is 1. The predicted octanol–water partition coefficient (Wildman–Crippen LogP) is 4.33. The van der Waals surface area contributed by atoms with Crippen LogP contribution in [0.15, 0.2) is 48.5 Å². The van der Waals surface area contributed by atoms with Crippen LogP contribution in [0.1, 0.15) is 20.5 Å². The van der Waals surface area contributed by atoms with E-state index in [4.69, 9.17) is 0 Å². The van der Waals surface area contributed by atoms with Crippen molar-refractivity contribution < 1.29 is 9.72 Å². The number of hydrogen-bond donors (Lipinski definition) is 1. The smallest absolute Gasteiger partial charge is 0.269 e. The molecule has 1 saturated heterocycles. The van der Waals surface area contributed by atoms with Crippen LogP contribution in [0.5, 0.6) is 0 Å². The van der Waals surface area contributed by atoms with Gasteiger partial charge in [-0.2, -0.15) is 0 Å². The molecule has 0 spiro atoms. The van der Waals surface area contributed by atoms with Gasteiger partial charge in [0.25, 0.3) is 11.6 Å². The van der Waals surface area contributed by atoms with Crippen molar-refractivity contribution in [2.24, 2.45) is 0 Å². The maximum Gasteiger partial charge on any atom is 0.269 e. The molecule has 0 saturated carbocycles. The van der Waals surface area contributed by atoms with Crippen LogP contribution in [0.25, 0.3) is 0 Å². The average Bonchev–Trinajstić information content (AvgIpc) is 3.10. The molecule has 0 aliphatic carbocycles. The highest BCUT2D eigenvalue weighted by molar-refractivity contribution is 8.19. The zero-order valence-electron chi connectivity index (χ0n) is 12.1. The number of carbonyl (C=O) groups excluding carboxylic acids is 1. The molecule has 1 amide bonds. The molecule has 0 bridgehead atoms. The van der Waals surface area contributed by atoms with Gasteiger partial charge in [-0.15, -0.1) is 23.5 Å². The van der Waals surface area contributed by atoms with E-state index in [1.54, 1.807) is 0 Å². The van der Waals surface area contributed by atoms with Crippen molar-refractivity contribution in [2.75, 3.05) is 16.8 Å². The van der Waals surface area contributed by atoms with E-state index in [1.807, 2.05) is 47.8 Å². The maximum atomic E-state index is 12.2. The molecule has 0 unspecified atom stereocenters. The average molecular weight is 346 g/mol. The van der Waals surface area contributed by atoms with Crippen LogP contribution in [0, 0.1) is 10.1 Å². The van der Waals surface area contributed by atoms with E-state index in [9.17, 15) is 14.9 Å². The van der Waals surface area contributed by atoms with Gasteiger partial charge in [-0.05, 0) is 29.8 Å². The van der Waals surface area contributed by atoms with E-state index < -0.39 is 4.92 Å². The van der Waals surface area contributed by atoms with E-state index in [1.165, 1.54) is 29.8 Å². The molecule has 118 valence electrons. The molecule has 0 aromatic heterocycles. The summed E-state index contributed by atoms with van der Waals surface area (Å²) in [6.45, 7) is 0. The van der Waals surface area contributed by atoms with Gasteiger partial charge in [-0.1, -0.05) is 12.1 Å². The Balaban J connectivity index is 1.66. The Hall–Kier alpha value is -1.99. The molecule has 1 fully saturated rings. The van der Waals surface area contributed by atoms with Crippen LogP contribution in [0.4, 0.5) is 11.4 Å². The monoisotopic (exact) mass is 346 g/mol. The summed E-state index contributed by atoms with van der Waals surface area (Å²) in [5, 5.41) is 13.4. The largest absolute Gasteiger partial charge is 0.322 e. The maximum absolute atomic E-state index is 12.2. The zero-order chi connectivity index (χ0) is 16.2. The third-order valence-corrected chi connectivity index (χ3v) is 6.51. The van der Waals surface area contributed by atoms with Gasteiger partial charge in [-0.3, -0.25) is 14.9 Å². The van der Waals surface area contributed by atoms with Gasteiger partial charge in [0.1, 0.15) is 0 Å². The molecule has 1 heterocycles. The minimum absolute atomic E-state index is 0.00100.